The molecular formula is C26H29NO2. The van der Waals surface area contributed by atoms with Crippen molar-refractivity contribution >= 4 is 5.91 Å². The van der Waals surface area contributed by atoms with E-state index in [0.717, 1.165) is 28.0 Å². The minimum absolute atomic E-state index is 0.140. The summed E-state index contributed by atoms with van der Waals surface area (Å²) < 4.78 is 6.11. The van der Waals surface area contributed by atoms with Gasteiger partial charge < -0.3 is 10.1 Å². The Morgan fingerprint density at radius 3 is 1.90 bits per heavy atom. The Labute approximate surface area is 173 Å². The maximum Gasteiger partial charge on any atom is 0.261 e. The molecule has 3 nitrogen and oxygen atoms in total. The van der Waals surface area contributed by atoms with Crippen LogP contribution in [0.25, 0.3) is 0 Å². The molecule has 0 saturated heterocycles. The van der Waals surface area contributed by atoms with Crippen LogP contribution in [0.15, 0.2) is 78.9 Å². The van der Waals surface area contributed by atoms with E-state index < -0.39 is 6.10 Å². The highest BCUT2D eigenvalue weighted by Crippen LogP contribution is 2.29. The van der Waals surface area contributed by atoms with Crippen LogP contribution in [0.2, 0.25) is 0 Å². The van der Waals surface area contributed by atoms with E-state index in [-0.39, 0.29) is 11.9 Å². The molecule has 1 amide bonds. The first-order valence-corrected chi connectivity index (χ1v) is 10.1. The Kier molecular flexibility index (Phi) is 6.71. The molecule has 0 aliphatic carbocycles. The third-order valence-electron chi connectivity index (χ3n) is 5.02. The second-order valence-corrected chi connectivity index (χ2v) is 7.72. The van der Waals surface area contributed by atoms with Crippen molar-refractivity contribution in [2.24, 2.45) is 0 Å². The number of aryl methyl sites for hydroxylation is 1. The van der Waals surface area contributed by atoms with Gasteiger partial charge in [-0.05, 0) is 48.1 Å². The summed E-state index contributed by atoms with van der Waals surface area (Å²) in [5.41, 5.74) is 4.30. The summed E-state index contributed by atoms with van der Waals surface area (Å²) in [6.07, 6.45) is -0.607. The normalized spacial score (nSPS) is 12.1. The van der Waals surface area contributed by atoms with Crippen LogP contribution in [-0.2, 0) is 4.79 Å². The molecular weight excluding hydrogens is 358 g/mol. The van der Waals surface area contributed by atoms with Gasteiger partial charge in [0.05, 0.1) is 6.04 Å². The number of carbonyl (C=O) groups is 1. The minimum atomic E-state index is -0.607. The highest BCUT2D eigenvalue weighted by atomic mass is 16.5. The van der Waals surface area contributed by atoms with Crippen LogP contribution in [-0.4, -0.2) is 12.0 Å². The summed E-state index contributed by atoms with van der Waals surface area (Å²) in [6, 6.07) is 25.9. The molecule has 0 radical (unpaired) electrons. The maximum atomic E-state index is 13.0. The fourth-order valence-electron chi connectivity index (χ4n) is 3.37. The first-order valence-electron chi connectivity index (χ1n) is 10.1. The molecule has 0 spiro atoms. The summed E-state index contributed by atoms with van der Waals surface area (Å²) in [6.45, 7) is 8.09. The molecule has 3 heteroatoms. The molecule has 29 heavy (non-hydrogen) atoms. The van der Waals surface area contributed by atoms with Gasteiger partial charge in [0.1, 0.15) is 5.75 Å². The van der Waals surface area contributed by atoms with E-state index >= 15 is 0 Å². The molecule has 1 N–H and O–H groups in total. The highest BCUT2D eigenvalue weighted by Gasteiger charge is 2.22. The second-order valence-electron chi connectivity index (χ2n) is 7.72. The zero-order chi connectivity index (χ0) is 20.8. The third-order valence-corrected chi connectivity index (χ3v) is 5.02. The van der Waals surface area contributed by atoms with Crippen LogP contribution in [0.5, 0.6) is 5.75 Å². The Morgan fingerprint density at radius 2 is 1.38 bits per heavy atom. The van der Waals surface area contributed by atoms with Gasteiger partial charge in [-0.25, -0.2) is 0 Å². The van der Waals surface area contributed by atoms with Gasteiger partial charge in [0, 0.05) is 0 Å². The molecule has 150 valence electrons. The van der Waals surface area contributed by atoms with E-state index in [2.05, 4.69) is 31.3 Å². The van der Waals surface area contributed by atoms with Crippen molar-refractivity contribution in [2.75, 3.05) is 0 Å². The van der Waals surface area contributed by atoms with Gasteiger partial charge in [0.2, 0.25) is 0 Å². The molecule has 0 saturated carbocycles. The first-order chi connectivity index (χ1) is 14.0. The van der Waals surface area contributed by atoms with E-state index in [4.69, 9.17) is 4.74 Å². The summed E-state index contributed by atoms with van der Waals surface area (Å²) in [5.74, 6) is 0.958. The topological polar surface area (TPSA) is 38.3 Å². The number of hydrogen-bond donors (Lipinski definition) is 1. The minimum Gasteiger partial charge on any atom is -0.481 e. The van der Waals surface area contributed by atoms with Gasteiger partial charge in [-0.1, -0.05) is 86.6 Å². The van der Waals surface area contributed by atoms with E-state index in [0.29, 0.717) is 5.92 Å². The number of nitrogens with one attached hydrogen (secondary N) is 1. The van der Waals surface area contributed by atoms with Crippen LogP contribution in [0, 0.1) is 6.92 Å². The van der Waals surface area contributed by atoms with E-state index in [1.54, 1.807) is 6.92 Å². The molecule has 0 bridgehead atoms. The lowest BCUT2D eigenvalue weighted by atomic mass is 9.98. The van der Waals surface area contributed by atoms with Crippen molar-refractivity contribution in [3.8, 4) is 5.75 Å². The van der Waals surface area contributed by atoms with Gasteiger partial charge >= 0.3 is 0 Å². The lowest BCUT2D eigenvalue weighted by Crippen LogP contribution is -2.39. The van der Waals surface area contributed by atoms with Crippen molar-refractivity contribution in [1.82, 2.24) is 5.32 Å². The van der Waals surface area contributed by atoms with Crippen LogP contribution >= 0.6 is 0 Å². The number of hydrogen-bond acceptors (Lipinski definition) is 2. The van der Waals surface area contributed by atoms with Crippen LogP contribution in [0.3, 0.4) is 0 Å². The lowest BCUT2D eigenvalue weighted by molar-refractivity contribution is -0.127. The fraction of sp³-hybridized carbons (Fsp3) is 0.269. The average molecular weight is 388 g/mol. The maximum absolute atomic E-state index is 13.0. The van der Waals surface area contributed by atoms with Crippen LogP contribution in [0.1, 0.15) is 55.0 Å². The van der Waals surface area contributed by atoms with E-state index in [9.17, 15) is 4.79 Å². The molecule has 0 heterocycles. The monoisotopic (exact) mass is 387 g/mol. The fourth-order valence-corrected chi connectivity index (χ4v) is 3.37. The highest BCUT2D eigenvalue weighted by molar-refractivity contribution is 5.81. The van der Waals surface area contributed by atoms with Gasteiger partial charge in [-0.2, -0.15) is 0 Å². The summed E-state index contributed by atoms with van der Waals surface area (Å²) >= 11 is 0. The Morgan fingerprint density at radius 1 is 0.828 bits per heavy atom. The Bertz CT molecular complexity index is 896. The van der Waals surface area contributed by atoms with Crippen LogP contribution < -0.4 is 10.1 Å². The van der Waals surface area contributed by atoms with Gasteiger partial charge in [0.15, 0.2) is 6.10 Å². The van der Waals surface area contributed by atoms with Crippen molar-refractivity contribution in [3.63, 3.8) is 0 Å². The summed E-state index contributed by atoms with van der Waals surface area (Å²) in [4.78, 5) is 13.0. The predicted molar refractivity (Wildman–Crippen MR) is 118 cm³/mol. The SMILES string of the molecule is Cc1ccc(C(C)C)c(O[C@H](C)C(=O)NC(c2ccccc2)c2ccccc2)c1. The molecule has 0 aliphatic heterocycles. The Balaban J connectivity index is 1.81. The summed E-state index contributed by atoms with van der Waals surface area (Å²) in [7, 11) is 0. The molecule has 0 unspecified atom stereocenters. The number of carbonyl (C=O) groups excluding carboxylic acids is 1. The smallest absolute Gasteiger partial charge is 0.261 e. The standard InChI is InChI=1S/C26H29NO2/c1-18(2)23-16-15-19(3)17-24(23)29-20(4)26(28)27-25(21-11-7-5-8-12-21)22-13-9-6-10-14-22/h5-18,20,25H,1-4H3,(H,27,28)/t20-/m1/s1. The van der Waals surface area contributed by atoms with Crippen molar-refractivity contribution in [3.05, 3.63) is 101 Å². The van der Waals surface area contributed by atoms with Gasteiger partial charge in [0.25, 0.3) is 5.91 Å². The molecule has 1 atom stereocenters. The van der Waals surface area contributed by atoms with Gasteiger partial charge in [-0.3, -0.25) is 4.79 Å². The lowest BCUT2D eigenvalue weighted by Gasteiger charge is -2.24. The molecule has 0 aromatic heterocycles. The van der Waals surface area contributed by atoms with Crippen molar-refractivity contribution in [2.45, 2.75) is 45.8 Å². The zero-order valence-corrected chi connectivity index (χ0v) is 17.6. The van der Waals surface area contributed by atoms with Crippen molar-refractivity contribution in [1.29, 1.82) is 0 Å². The number of benzene rings is 3. The predicted octanol–water partition coefficient (Wildman–Crippen LogP) is 5.79. The third kappa shape index (κ3) is 5.26. The number of amides is 1. The van der Waals surface area contributed by atoms with Gasteiger partial charge in [-0.15, -0.1) is 0 Å². The van der Waals surface area contributed by atoms with E-state index in [1.165, 1.54) is 0 Å². The zero-order valence-electron chi connectivity index (χ0n) is 17.6. The quantitative estimate of drug-likeness (QED) is 0.557. The molecule has 0 aliphatic rings. The largest absolute Gasteiger partial charge is 0.481 e. The molecule has 3 aromatic carbocycles. The molecule has 3 aromatic rings. The Hall–Kier alpha value is -3.07. The summed E-state index contributed by atoms with van der Waals surface area (Å²) in [5, 5.41) is 3.17. The van der Waals surface area contributed by atoms with Crippen LogP contribution in [0.4, 0.5) is 0 Å². The number of ether oxygens (including phenoxy) is 1. The molecule has 3 rings (SSSR count). The first kappa shape index (κ1) is 20.7. The second kappa shape index (κ2) is 9.42. The molecule has 0 fully saturated rings. The average Bonchev–Trinajstić information content (AvgIpc) is 2.73. The number of rotatable bonds is 7. The van der Waals surface area contributed by atoms with Crippen molar-refractivity contribution < 1.29 is 9.53 Å². The van der Waals surface area contributed by atoms with E-state index in [1.807, 2.05) is 73.7 Å².